The van der Waals surface area contributed by atoms with Gasteiger partial charge in [0, 0.05) is 17.7 Å². The van der Waals surface area contributed by atoms with E-state index in [1.54, 1.807) is 20.8 Å². The molecule has 0 saturated heterocycles. The second-order valence-corrected chi connectivity index (χ2v) is 8.49. The van der Waals surface area contributed by atoms with Gasteiger partial charge >= 0.3 is 0 Å². The summed E-state index contributed by atoms with van der Waals surface area (Å²) in [6.07, 6.45) is 1.07. The number of carbonyl (C=O) groups excluding carboxylic acids is 1. The van der Waals surface area contributed by atoms with Crippen LogP contribution in [0.15, 0.2) is 12.1 Å². The largest absolute Gasteiger partial charge is 0.495 e. The predicted octanol–water partition coefficient (Wildman–Crippen LogP) is 2.36. The molecule has 1 aromatic carbocycles. The molecule has 0 aliphatic rings. The number of rotatable bonds is 6. The number of nitrogens with one attached hydrogen (secondary N) is 1. The molecule has 1 N–H and O–H groups in total. The molecule has 9 heteroatoms. The zero-order valence-electron chi connectivity index (χ0n) is 14.6. The first-order chi connectivity index (χ1) is 10.9. The molecule has 136 valence electrons. The van der Waals surface area contributed by atoms with Crippen molar-refractivity contribution in [2.45, 2.75) is 26.3 Å². The molecule has 0 bridgehead atoms. The first kappa shape index (κ1) is 20.5. The molecule has 1 aromatic rings. The summed E-state index contributed by atoms with van der Waals surface area (Å²) in [5.74, 6) is 0.206. The molecule has 0 atom stereocenters. The van der Waals surface area contributed by atoms with Crippen molar-refractivity contribution in [2.75, 3.05) is 32.3 Å². The maximum Gasteiger partial charge on any atom is 0.239 e. The highest BCUT2D eigenvalue weighted by Gasteiger charge is 2.31. The van der Waals surface area contributed by atoms with Crippen LogP contribution in [-0.2, 0) is 14.8 Å². The first-order valence-electron chi connectivity index (χ1n) is 7.09. The third-order valence-corrected chi connectivity index (χ3v) is 4.96. The summed E-state index contributed by atoms with van der Waals surface area (Å²) >= 11 is 6.02. The van der Waals surface area contributed by atoms with Crippen LogP contribution >= 0.6 is 11.6 Å². The molecule has 24 heavy (non-hydrogen) atoms. The number of ether oxygens (including phenoxy) is 2. The molecule has 0 aliphatic carbocycles. The number of sulfonamides is 1. The molecule has 1 amide bonds. The van der Waals surface area contributed by atoms with E-state index in [0.717, 1.165) is 10.6 Å². The van der Waals surface area contributed by atoms with Crippen LogP contribution in [0.5, 0.6) is 11.5 Å². The predicted molar refractivity (Wildman–Crippen MR) is 94.5 cm³/mol. The minimum atomic E-state index is -3.55. The monoisotopic (exact) mass is 378 g/mol. The molecular formula is C15H23ClN2O5S. The number of anilines is 1. The van der Waals surface area contributed by atoms with Crippen LogP contribution in [0.1, 0.15) is 20.8 Å². The molecule has 0 aliphatic heterocycles. The molecule has 7 nitrogen and oxygen atoms in total. The number of amides is 1. The van der Waals surface area contributed by atoms with Gasteiger partial charge in [0.2, 0.25) is 15.9 Å². The Morgan fingerprint density at radius 2 is 1.75 bits per heavy atom. The lowest BCUT2D eigenvalue weighted by Gasteiger charge is -2.32. The van der Waals surface area contributed by atoms with Crippen molar-refractivity contribution >= 4 is 33.2 Å². The Hall–Kier alpha value is -1.51. The summed E-state index contributed by atoms with van der Waals surface area (Å²) in [4.78, 5) is 12.3. The number of hydrogen-bond donors (Lipinski definition) is 1. The fourth-order valence-corrected chi connectivity index (χ4v) is 3.71. The van der Waals surface area contributed by atoms with Gasteiger partial charge in [-0.15, -0.1) is 0 Å². The molecule has 0 aromatic heterocycles. The highest BCUT2D eigenvalue weighted by atomic mass is 35.5. The fraction of sp³-hybridized carbons (Fsp3) is 0.533. The van der Waals surface area contributed by atoms with Crippen LogP contribution < -0.4 is 14.8 Å². The molecule has 0 saturated carbocycles. The summed E-state index contributed by atoms with van der Waals surface area (Å²) in [6.45, 7) is 4.82. The van der Waals surface area contributed by atoms with Crippen molar-refractivity contribution in [2.24, 2.45) is 0 Å². The maximum absolute atomic E-state index is 12.3. The van der Waals surface area contributed by atoms with Crippen LogP contribution in [0.4, 0.5) is 5.69 Å². The Labute approximate surface area is 147 Å². The summed E-state index contributed by atoms with van der Waals surface area (Å²) in [5.41, 5.74) is -0.390. The standard InChI is InChI=1S/C15H23ClN2O5S/c1-15(2,3)18(24(6,20)21)9-14(19)17-11-8-12(22-4)10(16)7-13(11)23-5/h7-8H,9H2,1-6H3,(H,17,19). The Morgan fingerprint density at radius 3 is 2.17 bits per heavy atom. The number of halogens is 1. The number of hydrogen-bond acceptors (Lipinski definition) is 5. The van der Waals surface area contributed by atoms with Gasteiger partial charge in [-0.05, 0) is 20.8 Å². The second-order valence-electron chi connectivity index (χ2n) is 6.18. The zero-order chi connectivity index (χ0) is 18.7. The fourth-order valence-electron chi connectivity index (χ4n) is 2.13. The average Bonchev–Trinajstić information content (AvgIpc) is 2.43. The lowest BCUT2D eigenvalue weighted by Crippen LogP contribution is -2.48. The Morgan fingerprint density at radius 1 is 1.21 bits per heavy atom. The number of nitrogens with zero attached hydrogens (tertiary/aromatic N) is 1. The third-order valence-electron chi connectivity index (χ3n) is 3.18. The van der Waals surface area contributed by atoms with Gasteiger partial charge < -0.3 is 14.8 Å². The van der Waals surface area contributed by atoms with E-state index in [0.29, 0.717) is 22.2 Å². The number of benzene rings is 1. The highest BCUT2D eigenvalue weighted by molar-refractivity contribution is 7.88. The Kier molecular flexibility index (Phi) is 6.49. The van der Waals surface area contributed by atoms with Crippen LogP contribution in [0.3, 0.4) is 0 Å². The van der Waals surface area contributed by atoms with Gasteiger partial charge in [0.15, 0.2) is 0 Å². The van der Waals surface area contributed by atoms with E-state index in [2.05, 4.69) is 5.32 Å². The summed E-state index contributed by atoms with van der Waals surface area (Å²) in [5, 5.41) is 2.96. The van der Waals surface area contributed by atoms with Gasteiger partial charge in [0.05, 0.1) is 37.7 Å². The van der Waals surface area contributed by atoms with Gasteiger partial charge in [-0.2, -0.15) is 4.31 Å². The van der Waals surface area contributed by atoms with E-state index in [4.69, 9.17) is 21.1 Å². The third kappa shape index (κ3) is 5.25. The van der Waals surface area contributed by atoms with E-state index < -0.39 is 21.5 Å². The maximum atomic E-state index is 12.3. The van der Waals surface area contributed by atoms with Crippen LogP contribution in [0, 0.1) is 0 Å². The SMILES string of the molecule is COc1cc(NC(=O)CN(C(C)(C)C)S(C)(=O)=O)c(OC)cc1Cl. The van der Waals surface area contributed by atoms with E-state index in [1.165, 1.54) is 26.4 Å². The molecule has 0 heterocycles. The van der Waals surface area contributed by atoms with Gasteiger partial charge in [-0.25, -0.2) is 8.42 Å². The second kappa shape index (κ2) is 7.58. The van der Waals surface area contributed by atoms with Gasteiger partial charge in [-0.1, -0.05) is 11.6 Å². The Balaban J connectivity index is 3.07. The lowest BCUT2D eigenvalue weighted by molar-refractivity contribution is -0.117. The van der Waals surface area contributed by atoms with Crippen molar-refractivity contribution < 1.29 is 22.7 Å². The first-order valence-corrected chi connectivity index (χ1v) is 9.32. The average molecular weight is 379 g/mol. The van der Waals surface area contributed by atoms with Gasteiger partial charge in [0.25, 0.3) is 0 Å². The summed E-state index contributed by atoms with van der Waals surface area (Å²) < 4.78 is 35.2. The van der Waals surface area contributed by atoms with E-state index >= 15 is 0 Å². The van der Waals surface area contributed by atoms with E-state index in [-0.39, 0.29) is 6.54 Å². The van der Waals surface area contributed by atoms with Crippen molar-refractivity contribution in [3.63, 3.8) is 0 Å². The molecule has 1 rings (SSSR count). The molecule has 0 unspecified atom stereocenters. The summed E-state index contributed by atoms with van der Waals surface area (Å²) in [7, 11) is -0.665. The number of methoxy groups -OCH3 is 2. The molecule has 0 spiro atoms. The highest BCUT2D eigenvalue weighted by Crippen LogP contribution is 2.35. The Bertz CT molecular complexity index is 713. The quantitative estimate of drug-likeness (QED) is 0.821. The van der Waals surface area contributed by atoms with Crippen LogP contribution in [0.2, 0.25) is 5.02 Å². The topological polar surface area (TPSA) is 84.9 Å². The summed E-state index contributed by atoms with van der Waals surface area (Å²) in [6, 6.07) is 3.02. The van der Waals surface area contributed by atoms with Crippen molar-refractivity contribution in [3.8, 4) is 11.5 Å². The molecule has 0 radical (unpaired) electrons. The van der Waals surface area contributed by atoms with Crippen molar-refractivity contribution in [1.29, 1.82) is 0 Å². The lowest BCUT2D eigenvalue weighted by atomic mass is 10.1. The van der Waals surface area contributed by atoms with Gasteiger partial charge in [0.1, 0.15) is 11.5 Å². The van der Waals surface area contributed by atoms with Gasteiger partial charge in [-0.3, -0.25) is 4.79 Å². The normalized spacial score (nSPS) is 12.2. The smallest absolute Gasteiger partial charge is 0.239 e. The molecule has 0 fully saturated rings. The number of carbonyl (C=O) groups is 1. The van der Waals surface area contributed by atoms with E-state index in [9.17, 15) is 13.2 Å². The minimum Gasteiger partial charge on any atom is -0.495 e. The van der Waals surface area contributed by atoms with Crippen molar-refractivity contribution in [3.05, 3.63) is 17.2 Å². The van der Waals surface area contributed by atoms with Crippen molar-refractivity contribution in [1.82, 2.24) is 4.31 Å². The van der Waals surface area contributed by atoms with Crippen LogP contribution in [-0.4, -0.2) is 51.2 Å². The van der Waals surface area contributed by atoms with Crippen LogP contribution in [0.25, 0.3) is 0 Å². The minimum absolute atomic E-state index is 0.323. The zero-order valence-corrected chi connectivity index (χ0v) is 16.2. The van der Waals surface area contributed by atoms with E-state index in [1.807, 2.05) is 0 Å². The molecular weight excluding hydrogens is 356 g/mol.